The number of aromatic nitrogens is 1. The molecule has 0 unspecified atom stereocenters. The Morgan fingerprint density at radius 1 is 1.42 bits per heavy atom. The molecule has 1 aliphatic carbocycles. The van der Waals surface area contributed by atoms with Crippen molar-refractivity contribution >= 4 is 16.9 Å². The van der Waals surface area contributed by atoms with Crippen molar-refractivity contribution in [3.8, 4) is 5.75 Å². The zero-order valence-corrected chi connectivity index (χ0v) is 10.4. The van der Waals surface area contributed by atoms with E-state index in [1.54, 1.807) is 12.1 Å². The third-order valence-electron chi connectivity index (χ3n) is 3.47. The summed E-state index contributed by atoms with van der Waals surface area (Å²) < 4.78 is 5.22. The summed E-state index contributed by atoms with van der Waals surface area (Å²) in [4.78, 5) is 25.9. The lowest BCUT2D eigenvalue weighted by atomic mass is 9.99. The van der Waals surface area contributed by atoms with E-state index in [0.29, 0.717) is 16.8 Å². The average molecular weight is 259 g/mol. The van der Waals surface area contributed by atoms with Gasteiger partial charge in [0.15, 0.2) is 0 Å². The van der Waals surface area contributed by atoms with Gasteiger partial charge < -0.3 is 14.8 Å². The highest BCUT2D eigenvalue weighted by molar-refractivity contribution is 5.98. The maximum atomic E-state index is 12.0. The molecule has 2 aromatic rings. The van der Waals surface area contributed by atoms with Crippen LogP contribution < -0.4 is 10.3 Å². The molecule has 3 rings (SSSR count). The van der Waals surface area contributed by atoms with Crippen LogP contribution in [0.25, 0.3) is 10.9 Å². The largest absolute Gasteiger partial charge is 0.495 e. The first-order chi connectivity index (χ1) is 9.13. The van der Waals surface area contributed by atoms with Crippen molar-refractivity contribution in [2.45, 2.75) is 18.8 Å². The highest BCUT2D eigenvalue weighted by atomic mass is 16.5. The van der Waals surface area contributed by atoms with Gasteiger partial charge in [-0.1, -0.05) is 12.1 Å². The van der Waals surface area contributed by atoms with Crippen LogP contribution in [0, 0.1) is 0 Å². The highest BCUT2D eigenvalue weighted by Crippen LogP contribution is 2.44. The SMILES string of the molecule is COc1cccc2c(C3CC3)c(C(=O)O)c(=O)[nH]c12. The van der Waals surface area contributed by atoms with Crippen molar-refractivity contribution in [3.05, 3.63) is 39.7 Å². The smallest absolute Gasteiger partial charge is 0.341 e. The van der Waals surface area contributed by atoms with Crippen LogP contribution in [0.15, 0.2) is 23.0 Å². The Morgan fingerprint density at radius 3 is 2.74 bits per heavy atom. The maximum absolute atomic E-state index is 12.0. The molecule has 1 saturated carbocycles. The molecule has 0 saturated heterocycles. The molecule has 1 aromatic heterocycles. The number of carboxylic acids is 1. The topological polar surface area (TPSA) is 79.4 Å². The first-order valence-corrected chi connectivity index (χ1v) is 6.09. The van der Waals surface area contributed by atoms with E-state index in [2.05, 4.69) is 4.98 Å². The molecule has 0 radical (unpaired) electrons. The fraction of sp³-hybridized carbons (Fsp3) is 0.286. The van der Waals surface area contributed by atoms with Gasteiger partial charge in [0, 0.05) is 5.39 Å². The number of aromatic amines is 1. The lowest BCUT2D eigenvalue weighted by Gasteiger charge is -2.11. The Kier molecular flexibility index (Phi) is 2.55. The van der Waals surface area contributed by atoms with Gasteiger partial charge in [-0.3, -0.25) is 4.79 Å². The van der Waals surface area contributed by atoms with E-state index in [9.17, 15) is 14.7 Å². The van der Waals surface area contributed by atoms with Crippen molar-refractivity contribution < 1.29 is 14.6 Å². The second-order valence-corrected chi connectivity index (χ2v) is 4.71. The van der Waals surface area contributed by atoms with Gasteiger partial charge >= 0.3 is 5.97 Å². The van der Waals surface area contributed by atoms with Crippen molar-refractivity contribution in [1.82, 2.24) is 4.98 Å². The molecule has 1 fully saturated rings. The van der Waals surface area contributed by atoms with Crippen molar-refractivity contribution in [2.75, 3.05) is 7.11 Å². The molecule has 0 amide bonds. The quantitative estimate of drug-likeness (QED) is 0.884. The summed E-state index contributed by atoms with van der Waals surface area (Å²) >= 11 is 0. The van der Waals surface area contributed by atoms with Gasteiger partial charge in [0.05, 0.1) is 12.6 Å². The van der Waals surface area contributed by atoms with Crippen LogP contribution in [-0.2, 0) is 0 Å². The lowest BCUT2D eigenvalue weighted by molar-refractivity contribution is 0.0694. The fourth-order valence-corrected chi connectivity index (χ4v) is 2.50. The number of carboxylic acid groups (broad SMARTS) is 1. The van der Waals surface area contributed by atoms with Gasteiger partial charge in [-0.15, -0.1) is 0 Å². The van der Waals surface area contributed by atoms with Crippen LogP contribution in [0.4, 0.5) is 0 Å². The first kappa shape index (κ1) is 11.8. The van der Waals surface area contributed by atoms with Gasteiger partial charge in [0.25, 0.3) is 5.56 Å². The van der Waals surface area contributed by atoms with E-state index in [1.165, 1.54) is 7.11 Å². The van der Waals surface area contributed by atoms with E-state index in [4.69, 9.17) is 4.74 Å². The minimum Gasteiger partial charge on any atom is -0.495 e. The van der Waals surface area contributed by atoms with Gasteiger partial charge in [-0.05, 0) is 30.4 Å². The van der Waals surface area contributed by atoms with Crippen LogP contribution in [0.1, 0.15) is 34.7 Å². The van der Waals surface area contributed by atoms with Crippen LogP contribution in [0.5, 0.6) is 5.75 Å². The molecule has 0 spiro atoms. The molecule has 2 N–H and O–H groups in total. The summed E-state index contributed by atoms with van der Waals surface area (Å²) in [7, 11) is 1.52. The summed E-state index contributed by atoms with van der Waals surface area (Å²) in [6.07, 6.45) is 1.85. The zero-order chi connectivity index (χ0) is 13.6. The molecule has 0 atom stereocenters. The Morgan fingerprint density at radius 2 is 2.16 bits per heavy atom. The third kappa shape index (κ3) is 1.78. The number of nitrogens with one attached hydrogen (secondary N) is 1. The second kappa shape index (κ2) is 4.12. The molecule has 1 aromatic carbocycles. The van der Waals surface area contributed by atoms with E-state index >= 15 is 0 Å². The number of ether oxygens (including phenoxy) is 1. The number of hydrogen-bond acceptors (Lipinski definition) is 3. The van der Waals surface area contributed by atoms with Crippen molar-refractivity contribution in [3.63, 3.8) is 0 Å². The number of fused-ring (bicyclic) bond motifs is 1. The van der Waals surface area contributed by atoms with E-state index in [0.717, 1.165) is 18.2 Å². The Balaban J connectivity index is 2.46. The van der Waals surface area contributed by atoms with Crippen molar-refractivity contribution in [1.29, 1.82) is 0 Å². The highest BCUT2D eigenvalue weighted by Gasteiger charge is 2.32. The number of hydrogen-bond donors (Lipinski definition) is 2. The second-order valence-electron chi connectivity index (χ2n) is 4.71. The molecular weight excluding hydrogens is 246 g/mol. The summed E-state index contributed by atoms with van der Waals surface area (Å²) in [5.41, 5.74) is 0.515. The van der Waals surface area contributed by atoms with E-state index in [-0.39, 0.29) is 11.5 Å². The summed E-state index contributed by atoms with van der Waals surface area (Å²) in [6.45, 7) is 0. The predicted molar refractivity (Wildman–Crippen MR) is 70.1 cm³/mol. The lowest BCUT2D eigenvalue weighted by Crippen LogP contribution is -2.20. The minimum atomic E-state index is -1.17. The Bertz CT molecular complexity index is 728. The number of rotatable bonds is 3. The number of benzene rings is 1. The Labute approximate surface area is 108 Å². The molecule has 0 bridgehead atoms. The first-order valence-electron chi connectivity index (χ1n) is 6.09. The van der Waals surface area contributed by atoms with Crippen LogP contribution >= 0.6 is 0 Å². The number of methoxy groups -OCH3 is 1. The van der Waals surface area contributed by atoms with E-state index in [1.807, 2.05) is 6.07 Å². The molecule has 1 aliphatic rings. The zero-order valence-electron chi connectivity index (χ0n) is 10.4. The van der Waals surface area contributed by atoms with Crippen LogP contribution in [0.3, 0.4) is 0 Å². The maximum Gasteiger partial charge on any atom is 0.341 e. The fourth-order valence-electron chi connectivity index (χ4n) is 2.50. The molecule has 1 heterocycles. The molecule has 5 heteroatoms. The molecule has 5 nitrogen and oxygen atoms in total. The molecule has 98 valence electrons. The molecule has 19 heavy (non-hydrogen) atoms. The normalized spacial score (nSPS) is 14.6. The van der Waals surface area contributed by atoms with E-state index < -0.39 is 11.5 Å². The number of H-pyrrole nitrogens is 1. The number of carbonyl (C=O) groups is 1. The third-order valence-corrected chi connectivity index (χ3v) is 3.47. The summed E-state index contributed by atoms with van der Waals surface area (Å²) in [6, 6.07) is 5.38. The van der Waals surface area contributed by atoms with Gasteiger partial charge in [-0.25, -0.2) is 4.79 Å². The average Bonchev–Trinajstić information content (AvgIpc) is 3.20. The van der Waals surface area contributed by atoms with Gasteiger partial charge in [0.2, 0.25) is 0 Å². The number of aromatic carboxylic acids is 1. The van der Waals surface area contributed by atoms with Crippen LogP contribution in [-0.4, -0.2) is 23.2 Å². The minimum absolute atomic E-state index is 0.136. The van der Waals surface area contributed by atoms with Crippen molar-refractivity contribution in [2.24, 2.45) is 0 Å². The predicted octanol–water partition coefficient (Wildman–Crippen LogP) is 2.11. The van der Waals surface area contributed by atoms with Gasteiger partial charge in [0.1, 0.15) is 11.3 Å². The monoisotopic (exact) mass is 259 g/mol. The van der Waals surface area contributed by atoms with Crippen LogP contribution in [0.2, 0.25) is 0 Å². The number of pyridine rings is 1. The summed E-state index contributed by atoms with van der Waals surface area (Å²) in [5, 5.41) is 10.0. The molecule has 0 aliphatic heterocycles. The summed E-state index contributed by atoms with van der Waals surface area (Å²) in [5.74, 6) is -0.454. The van der Waals surface area contributed by atoms with Gasteiger partial charge in [-0.2, -0.15) is 0 Å². The number of para-hydroxylation sites is 1. The molecular formula is C14H13NO4. The standard InChI is InChI=1S/C14H13NO4/c1-19-9-4-2-3-8-10(7-5-6-7)11(14(17)18)13(16)15-12(8)9/h2-4,7H,5-6H2,1H3,(H,15,16)(H,17,18). The Hall–Kier alpha value is -2.30.